The molecule has 1 saturated heterocycles. The van der Waals surface area contributed by atoms with Crippen molar-refractivity contribution in [3.8, 4) is 16.8 Å². The summed E-state index contributed by atoms with van der Waals surface area (Å²) in [7, 11) is 0. The van der Waals surface area contributed by atoms with Gasteiger partial charge in [-0.15, -0.1) is 0 Å². The number of fused-ring (bicyclic) bond motifs is 1. The van der Waals surface area contributed by atoms with Crippen LogP contribution < -0.4 is 10.2 Å². The van der Waals surface area contributed by atoms with Gasteiger partial charge < -0.3 is 14.8 Å². The van der Waals surface area contributed by atoms with E-state index >= 15 is 0 Å². The number of ketones is 1. The average Bonchev–Trinajstić information content (AvgIpc) is 3.40. The number of rotatable bonds is 4. The van der Waals surface area contributed by atoms with E-state index in [0.29, 0.717) is 43.0 Å². The molecular formula is C29H24FN5O2. The van der Waals surface area contributed by atoms with Gasteiger partial charge in [0.1, 0.15) is 11.6 Å². The first-order valence-electron chi connectivity index (χ1n) is 12.2. The molecule has 7 nitrogen and oxygen atoms in total. The molecule has 0 unspecified atom stereocenters. The first-order valence-corrected chi connectivity index (χ1v) is 12.2. The summed E-state index contributed by atoms with van der Waals surface area (Å²) >= 11 is 0. The lowest BCUT2D eigenvalue weighted by Crippen LogP contribution is -2.34. The van der Waals surface area contributed by atoms with Crippen LogP contribution in [0.3, 0.4) is 0 Å². The lowest BCUT2D eigenvalue weighted by Gasteiger charge is -2.31. The van der Waals surface area contributed by atoms with Crippen molar-refractivity contribution in [1.82, 2.24) is 9.55 Å². The van der Waals surface area contributed by atoms with E-state index in [0.717, 1.165) is 28.1 Å². The summed E-state index contributed by atoms with van der Waals surface area (Å²) in [5.41, 5.74) is 6.26. The van der Waals surface area contributed by atoms with E-state index in [4.69, 9.17) is 4.99 Å². The smallest absolute Gasteiger partial charge is 0.230 e. The zero-order chi connectivity index (χ0) is 25.4. The molecule has 0 bridgehead atoms. The van der Waals surface area contributed by atoms with Crippen molar-refractivity contribution in [2.24, 2.45) is 4.99 Å². The van der Waals surface area contributed by atoms with Crippen molar-refractivity contribution in [2.75, 3.05) is 23.3 Å². The zero-order valence-corrected chi connectivity index (χ0v) is 20.0. The Kier molecular flexibility index (Phi) is 5.84. The van der Waals surface area contributed by atoms with Gasteiger partial charge in [-0.2, -0.15) is 0 Å². The number of nitrogens with zero attached hydrogens (tertiary/aromatic N) is 4. The van der Waals surface area contributed by atoms with E-state index in [-0.39, 0.29) is 23.9 Å². The fraction of sp³-hybridized carbons (Fsp3) is 0.172. The number of carbonyl (C=O) groups is 2. The minimum Gasteiger partial charge on any atom is -0.370 e. The van der Waals surface area contributed by atoms with Crippen molar-refractivity contribution in [3.05, 3.63) is 90.8 Å². The summed E-state index contributed by atoms with van der Waals surface area (Å²) in [6, 6.07) is 18.0. The van der Waals surface area contributed by atoms with Crippen LogP contribution in [0.1, 0.15) is 24.8 Å². The minimum atomic E-state index is -0.316. The molecule has 0 saturated carbocycles. The van der Waals surface area contributed by atoms with Crippen LogP contribution in [-0.2, 0) is 9.59 Å². The molecule has 0 aliphatic carbocycles. The quantitative estimate of drug-likeness (QED) is 0.418. The van der Waals surface area contributed by atoms with Gasteiger partial charge in [-0.1, -0.05) is 24.3 Å². The number of halogens is 1. The average molecular weight is 494 g/mol. The fourth-order valence-electron chi connectivity index (χ4n) is 4.85. The highest BCUT2D eigenvalue weighted by Crippen LogP contribution is 2.41. The van der Waals surface area contributed by atoms with E-state index in [1.807, 2.05) is 47.2 Å². The Bertz CT molecular complexity index is 1520. The molecule has 8 heteroatoms. The highest BCUT2D eigenvalue weighted by molar-refractivity contribution is 6.17. The van der Waals surface area contributed by atoms with E-state index in [2.05, 4.69) is 15.2 Å². The SMILES string of the molecule is O=C1CCN(c2cc3c(cc2-c2ccc(F)cc2)NC(=O)CC(c2cccc(-n4ccnc4)c2)=N3)CC1. The molecule has 1 fully saturated rings. The number of nitrogens with one attached hydrogen (secondary N) is 1. The van der Waals surface area contributed by atoms with Crippen molar-refractivity contribution >= 4 is 34.5 Å². The molecule has 6 rings (SSSR count). The maximum absolute atomic E-state index is 13.7. The molecule has 0 spiro atoms. The summed E-state index contributed by atoms with van der Waals surface area (Å²) in [6.45, 7) is 1.20. The van der Waals surface area contributed by atoms with Gasteiger partial charge in [0, 0.05) is 55.3 Å². The molecule has 1 N–H and O–H groups in total. The van der Waals surface area contributed by atoms with Gasteiger partial charge >= 0.3 is 0 Å². The monoisotopic (exact) mass is 493 g/mol. The summed E-state index contributed by atoms with van der Waals surface area (Å²) in [6.07, 6.45) is 6.39. The van der Waals surface area contributed by atoms with Crippen LogP contribution in [0.25, 0.3) is 16.8 Å². The second-order valence-corrected chi connectivity index (χ2v) is 9.22. The van der Waals surface area contributed by atoms with Gasteiger partial charge in [-0.25, -0.2) is 9.37 Å². The van der Waals surface area contributed by atoms with E-state index in [1.165, 1.54) is 12.1 Å². The van der Waals surface area contributed by atoms with E-state index < -0.39 is 0 Å². The van der Waals surface area contributed by atoms with E-state index in [9.17, 15) is 14.0 Å². The van der Waals surface area contributed by atoms with Crippen LogP contribution in [0, 0.1) is 5.82 Å². The Labute approximate surface area is 213 Å². The Morgan fingerprint density at radius 1 is 0.919 bits per heavy atom. The molecule has 1 aromatic heterocycles. The van der Waals surface area contributed by atoms with Crippen molar-refractivity contribution < 1.29 is 14.0 Å². The number of carbonyl (C=O) groups excluding carboxylic acids is 2. The largest absolute Gasteiger partial charge is 0.370 e. The van der Waals surface area contributed by atoms with Crippen LogP contribution >= 0.6 is 0 Å². The van der Waals surface area contributed by atoms with E-state index in [1.54, 1.807) is 24.7 Å². The Morgan fingerprint density at radius 3 is 2.49 bits per heavy atom. The first-order chi connectivity index (χ1) is 18.0. The molecule has 184 valence electrons. The molecule has 37 heavy (non-hydrogen) atoms. The molecule has 2 aliphatic heterocycles. The zero-order valence-electron chi connectivity index (χ0n) is 20.0. The second kappa shape index (κ2) is 9.46. The number of hydrogen-bond acceptors (Lipinski definition) is 5. The summed E-state index contributed by atoms with van der Waals surface area (Å²) in [5, 5.41) is 3.01. The van der Waals surface area contributed by atoms with Gasteiger partial charge in [-0.05, 0) is 47.5 Å². The molecule has 4 aromatic rings. The standard InChI is InChI=1S/C29H24FN5O2/c30-21-6-4-19(5-7-21)24-15-26-27(16-28(24)34-11-8-23(36)9-12-34)32-25(17-29(37)33-26)20-2-1-3-22(14-20)35-13-10-31-18-35/h1-7,10,13-16,18H,8-9,11-12,17H2,(H,33,37). The van der Waals surface area contributed by atoms with Crippen molar-refractivity contribution in [3.63, 3.8) is 0 Å². The predicted molar refractivity (Wildman–Crippen MR) is 141 cm³/mol. The number of aliphatic imine (C=N–C) groups is 1. The minimum absolute atomic E-state index is 0.126. The van der Waals surface area contributed by atoms with Crippen LogP contribution in [0.15, 0.2) is 84.4 Å². The lowest BCUT2D eigenvalue weighted by atomic mass is 9.99. The van der Waals surface area contributed by atoms with Crippen LogP contribution in [0.2, 0.25) is 0 Å². The molecular weight excluding hydrogens is 469 g/mol. The third-order valence-corrected chi connectivity index (χ3v) is 6.77. The maximum atomic E-state index is 13.7. The summed E-state index contributed by atoms with van der Waals surface area (Å²) in [4.78, 5) is 36.1. The molecule has 1 amide bonds. The molecule has 3 aromatic carbocycles. The number of benzene rings is 3. The molecule has 2 aliphatic rings. The number of hydrogen-bond donors (Lipinski definition) is 1. The normalized spacial score (nSPS) is 15.6. The fourth-order valence-corrected chi connectivity index (χ4v) is 4.85. The van der Waals surface area contributed by atoms with Gasteiger partial charge in [-0.3, -0.25) is 14.6 Å². The Hall–Kier alpha value is -4.59. The van der Waals surface area contributed by atoms with Crippen LogP contribution in [-0.4, -0.2) is 40.0 Å². The van der Waals surface area contributed by atoms with Crippen LogP contribution in [0.5, 0.6) is 0 Å². The predicted octanol–water partition coefficient (Wildman–Crippen LogP) is 5.31. The second-order valence-electron chi connectivity index (χ2n) is 9.22. The molecule has 0 atom stereocenters. The van der Waals surface area contributed by atoms with Crippen molar-refractivity contribution in [1.29, 1.82) is 0 Å². The van der Waals surface area contributed by atoms with Gasteiger partial charge in [0.25, 0.3) is 0 Å². The summed E-state index contributed by atoms with van der Waals surface area (Å²) in [5.74, 6) is -0.226. The molecule has 3 heterocycles. The van der Waals surface area contributed by atoms with Gasteiger partial charge in [0.15, 0.2) is 0 Å². The Morgan fingerprint density at radius 2 is 1.73 bits per heavy atom. The van der Waals surface area contributed by atoms with Gasteiger partial charge in [0.05, 0.1) is 29.8 Å². The van der Waals surface area contributed by atoms with Crippen LogP contribution in [0.4, 0.5) is 21.5 Å². The highest BCUT2D eigenvalue weighted by atomic mass is 19.1. The summed E-state index contributed by atoms with van der Waals surface area (Å²) < 4.78 is 15.6. The topological polar surface area (TPSA) is 79.6 Å². The third kappa shape index (κ3) is 4.65. The van der Waals surface area contributed by atoms with Gasteiger partial charge in [0.2, 0.25) is 5.91 Å². The number of anilines is 2. The van der Waals surface area contributed by atoms with Crippen molar-refractivity contribution in [2.45, 2.75) is 19.3 Å². The number of imidazole rings is 1. The highest BCUT2D eigenvalue weighted by Gasteiger charge is 2.24. The number of piperidine rings is 1. The first kappa shape index (κ1) is 22.8. The number of Topliss-reactive ketones (excluding diaryl/α,β-unsaturated/α-hetero) is 1. The maximum Gasteiger partial charge on any atom is 0.230 e. The number of aromatic nitrogens is 2. The number of amides is 1. The molecule has 0 radical (unpaired) electrons. The third-order valence-electron chi connectivity index (χ3n) is 6.77. The lowest BCUT2D eigenvalue weighted by molar-refractivity contribution is -0.119. The Balaban J connectivity index is 1.47.